The van der Waals surface area contributed by atoms with Crippen LogP contribution in [0, 0.1) is 13.5 Å². The molecule has 1 heterocycles. The molecule has 4 rings (SSSR count). The zero-order valence-corrected chi connectivity index (χ0v) is 19.4. The number of benzene rings is 3. The van der Waals surface area contributed by atoms with Gasteiger partial charge in [-0.3, -0.25) is 4.79 Å². The number of nitrogens with zero attached hydrogens (tertiary/aromatic N) is 3. The van der Waals surface area contributed by atoms with Crippen molar-refractivity contribution in [3.05, 3.63) is 113 Å². The summed E-state index contributed by atoms with van der Waals surface area (Å²) in [7, 11) is -3.83. The van der Waals surface area contributed by atoms with Crippen LogP contribution in [0.2, 0.25) is 0 Å². The lowest BCUT2D eigenvalue weighted by atomic mass is 10.0. The van der Waals surface area contributed by atoms with Gasteiger partial charge in [0.25, 0.3) is 5.91 Å². The van der Waals surface area contributed by atoms with Crippen LogP contribution in [0.1, 0.15) is 33.4 Å². The van der Waals surface area contributed by atoms with Gasteiger partial charge in [-0.2, -0.15) is 5.10 Å². The van der Waals surface area contributed by atoms with E-state index in [1.54, 1.807) is 61.5 Å². The Kier molecular flexibility index (Phi) is 6.48. The van der Waals surface area contributed by atoms with Gasteiger partial charge in [-0.15, -0.1) is 0 Å². The summed E-state index contributed by atoms with van der Waals surface area (Å²) in [5, 5.41) is 23.1. The lowest BCUT2D eigenvalue weighted by Gasteiger charge is -2.14. The number of aliphatic hydroxyl groups is 1. The predicted molar refractivity (Wildman–Crippen MR) is 131 cm³/mol. The van der Waals surface area contributed by atoms with Gasteiger partial charge in [0, 0.05) is 5.69 Å². The van der Waals surface area contributed by atoms with Crippen molar-refractivity contribution in [3.8, 4) is 5.69 Å². The average Bonchev–Trinajstić information content (AvgIpc) is 3.25. The molecule has 1 unspecified atom stereocenters. The van der Waals surface area contributed by atoms with Crippen molar-refractivity contribution < 1.29 is 18.3 Å². The molecule has 9 nitrogen and oxygen atoms in total. The summed E-state index contributed by atoms with van der Waals surface area (Å²) in [6, 6.07) is 20.8. The van der Waals surface area contributed by atoms with E-state index in [1.165, 1.54) is 28.9 Å². The second-order valence-corrected chi connectivity index (χ2v) is 9.37. The molecule has 0 fully saturated rings. The van der Waals surface area contributed by atoms with Gasteiger partial charge in [-0.25, -0.2) is 23.1 Å². The fourth-order valence-electron chi connectivity index (χ4n) is 3.57. The number of nitrogens with one attached hydrogen (secondary N) is 1. The maximum absolute atomic E-state index is 13.1. The lowest BCUT2D eigenvalue weighted by Crippen LogP contribution is -2.17. The molecule has 1 atom stereocenters. The summed E-state index contributed by atoms with van der Waals surface area (Å²) in [6.07, 6.45) is -1.05. The van der Waals surface area contributed by atoms with Gasteiger partial charge >= 0.3 is 0 Å². The Morgan fingerprint density at radius 2 is 1.77 bits per heavy atom. The largest absolute Gasteiger partial charge is 0.384 e. The number of carbonyl (C=O) groups is 1. The lowest BCUT2D eigenvalue weighted by molar-refractivity contribution is 0.101. The predicted octanol–water partition coefficient (Wildman–Crippen LogP) is 3.71. The minimum atomic E-state index is -3.83. The summed E-state index contributed by atoms with van der Waals surface area (Å²) in [5.41, 5.74) is 3.36. The number of aliphatic hydroxyl groups excluding tert-OH is 1. The van der Waals surface area contributed by atoms with Crippen LogP contribution in [0.3, 0.4) is 0 Å². The number of hydrogen-bond donors (Lipinski definition) is 3. The van der Waals surface area contributed by atoms with E-state index in [0.717, 1.165) is 0 Å². The molecule has 10 heteroatoms. The van der Waals surface area contributed by atoms with Gasteiger partial charge < -0.3 is 10.4 Å². The minimum absolute atomic E-state index is 0.0525. The molecule has 1 amide bonds. The van der Waals surface area contributed by atoms with Crippen molar-refractivity contribution in [2.24, 2.45) is 5.14 Å². The molecule has 1 aromatic heterocycles. The molecule has 0 spiro atoms. The molecule has 4 N–H and O–H groups in total. The number of nitrogens with two attached hydrogens (primary N) is 1. The highest BCUT2D eigenvalue weighted by molar-refractivity contribution is 7.89. The SMILES string of the molecule is [C-]#[N+]c1cccc(-n2nc(C)cc2C(=O)Nc2cccc(C(O)c3ccc(S(N)(=O)=O)cc3)c2)c1. The van der Waals surface area contributed by atoms with Crippen LogP contribution in [-0.2, 0) is 10.0 Å². The number of rotatable bonds is 6. The van der Waals surface area contributed by atoms with Crippen molar-refractivity contribution in [1.82, 2.24) is 9.78 Å². The first-order valence-electron chi connectivity index (χ1n) is 10.4. The van der Waals surface area contributed by atoms with Crippen molar-refractivity contribution in [2.75, 3.05) is 5.32 Å². The third-order valence-corrected chi connectivity index (χ3v) is 6.18. The number of anilines is 1. The van der Waals surface area contributed by atoms with Crippen molar-refractivity contribution in [1.29, 1.82) is 0 Å². The molecule has 0 aliphatic heterocycles. The molecule has 3 aromatic carbocycles. The summed E-state index contributed by atoms with van der Waals surface area (Å²) in [5.74, 6) is -0.414. The van der Waals surface area contributed by atoms with Crippen LogP contribution < -0.4 is 10.5 Å². The van der Waals surface area contributed by atoms with E-state index in [2.05, 4.69) is 15.3 Å². The summed E-state index contributed by atoms with van der Waals surface area (Å²) < 4.78 is 24.4. The fraction of sp³-hybridized carbons (Fsp3) is 0.0800. The maximum atomic E-state index is 13.1. The number of aryl methyl sites for hydroxylation is 1. The molecule has 0 bridgehead atoms. The normalized spacial score (nSPS) is 12.1. The van der Waals surface area contributed by atoms with Gasteiger partial charge in [0.1, 0.15) is 11.8 Å². The summed E-state index contributed by atoms with van der Waals surface area (Å²) in [6.45, 7) is 8.98. The number of primary sulfonamides is 1. The van der Waals surface area contributed by atoms with Crippen LogP contribution in [-0.4, -0.2) is 29.2 Å². The number of sulfonamides is 1. The van der Waals surface area contributed by atoms with Gasteiger partial charge in [0.05, 0.1) is 22.8 Å². The Balaban J connectivity index is 1.58. The monoisotopic (exact) mass is 487 g/mol. The zero-order chi connectivity index (χ0) is 25.2. The smallest absolute Gasteiger partial charge is 0.274 e. The average molecular weight is 488 g/mol. The Morgan fingerprint density at radius 3 is 2.46 bits per heavy atom. The van der Waals surface area contributed by atoms with E-state index in [9.17, 15) is 18.3 Å². The van der Waals surface area contributed by atoms with E-state index in [0.29, 0.717) is 33.9 Å². The molecule has 176 valence electrons. The van der Waals surface area contributed by atoms with Gasteiger partial charge in [-0.1, -0.05) is 36.4 Å². The molecule has 0 radical (unpaired) electrons. The van der Waals surface area contributed by atoms with Crippen LogP contribution in [0.4, 0.5) is 11.4 Å². The van der Waals surface area contributed by atoms with E-state index in [4.69, 9.17) is 11.7 Å². The van der Waals surface area contributed by atoms with Crippen molar-refractivity contribution >= 4 is 27.3 Å². The highest BCUT2D eigenvalue weighted by Gasteiger charge is 2.18. The van der Waals surface area contributed by atoms with E-state index in [-0.39, 0.29) is 10.6 Å². The molecular formula is C25H21N5O4S. The van der Waals surface area contributed by atoms with Crippen molar-refractivity contribution in [2.45, 2.75) is 17.9 Å². The van der Waals surface area contributed by atoms with E-state index in [1.807, 2.05) is 0 Å². The Bertz CT molecular complexity index is 1550. The molecule has 0 saturated heterocycles. The number of amides is 1. The number of hydrogen-bond acceptors (Lipinski definition) is 5. The Labute approximate surface area is 202 Å². The first-order valence-corrected chi connectivity index (χ1v) is 12.0. The van der Waals surface area contributed by atoms with E-state index < -0.39 is 22.0 Å². The second kappa shape index (κ2) is 9.52. The van der Waals surface area contributed by atoms with Crippen LogP contribution >= 0.6 is 0 Å². The quantitative estimate of drug-likeness (QED) is 0.357. The molecule has 0 aliphatic carbocycles. The van der Waals surface area contributed by atoms with Gasteiger partial charge in [0.2, 0.25) is 10.0 Å². The third kappa shape index (κ3) is 5.28. The highest BCUT2D eigenvalue weighted by Crippen LogP contribution is 2.26. The van der Waals surface area contributed by atoms with Crippen LogP contribution in [0.5, 0.6) is 0 Å². The first-order chi connectivity index (χ1) is 16.7. The molecule has 0 saturated carbocycles. The molecule has 4 aromatic rings. The maximum Gasteiger partial charge on any atom is 0.274 e. The van der Waals surface area contributed by atoms with Crippen LogP contribution in [0.25, 0.3) is 10.5 Å². The number of carbonyl (C=O) groups excluding carboxylic acids is 1. The topological polar surface area (TPSA) is 132 Å². The van der Waals surface area contributed by atoms with E-state index >= 15 is 0 Å². The zero-order valence-electron chi connectivity index (χ0n) is 18.6. The highest BCUT2D eigenvalue weighted by atomic mass is 32.2. The van der Waals surface area contributed by atoms with Crippen LogP contribution in [0.15, 0.2) is 83.8 Å². The van der Waals surface area contributed by atoms with Gasteiger partial charge in [0.15, 0.2) is 5.69 Å². The summed E-state index contributed by atoms with van der Waals surface area (Å²) >= 11 is 0. The van der Waals surface area contributed by atoms with Crippen molar-refractivity contribution in [3.63, 3.8) is 0 Å². The third-order valence-electron chi connectivity index (χ3n) is 5.25. The second-order valence-electron chi connectivity index (χ2n) is 7.81. The minimum Gasteiger partial charge on any atom is -0.384 e. The standard InChI is InChI=1S/C25H21N5O4S/c1-16-13-23(30(29-16)21-8-4-6-19(15-21)27-2)25(32)28-20-7-3-5-18(14-20)24(31)17-9-11-22(12-10-17)35(26,33)34/h3-15,24,31H,1H3,(H,28,32)(H2,26,33,34). The molecule has 35 heavy (non-hydrogen) atoms. The summed E-state index contributed by atoms with van der Waals surface area (Å²) in [4.78, 5) is 16.5. The van der Waals surface area contributed by atoms with Gasteiger partial charge in [-0.05, 0) is 60.5 Å². The first kappa shape index (κ1) is 23.8. The fourth-order valence-corrected chi connectivity index (χ4v) is 4.08. The Hall–Kier alpha value is -4.30. The Morgan fingerprint density at radius 1 is 1.06 bits per heavy atom. The molecular weight excluding hydrogens is 466 g/mol. The number of aromatic nitrogens is 2. The molecule has 0 aliphatic rings.